The van der Waals surface area contributed by atoms with Crippen molar-refractivity contribution in [2.45, 2.75) is 43.4 Å². The zero-order valence-corrected chi connectivity index (χ0v) is 11.9. The zero-order valence-electron chi connectivity index (χ0n) is 10.2. The fourth-order valence-corrected chi connectivity index (χ4v) is 4.09. The molecule has 0 aromatic carbocycles. The fourth-order valence-electron chi connectivity index (χ4n) is 1.45. The number of nitrogens with zero attached hydrogens (tertiary/aromatic N) is 1. The van der Waals surface area contributed by atoms with Crippen LogP contribution in [-0.4, -0.2) is 30.7 Å². The van der Waals surface area contributed by atoms with Crippen LogP contribution >= 0.6 is 11.3 Å². The molecule has 1 heterocycles. The first kappa shape index (κ1) is 14.6. The third kappa shape index (κ3) is 3.25. The Morgan fingerprint density at radius 2 is 2.06 bits per heavy atom. The van der Waals surface area contributed by atoms with Crippen molar-refractivity contribution in [3.63, 3.8) is 0 Å². The first-order valence-electron chi connectivity index (χ1n) is 5.46. The number of rotatable bonds is 6. The lowest BCUT2D eigenvalue weighted by Gasteiger charge is -2.29. The van der Waals surface area contributed by atoms with E-state index in [1.165, 1.54) is 6.20 Å². The van der Waals surface area contributed by atoms with Crippen LogP contribution < -0.4 is 4.72 Å². The number of hydrogen-bond acceptors (Lipinski definition) is 5. The zero-order chi connectivity index (χ0) is 13.1. The minimum atomic E-state index is -3.59. The van der Waals surface area contributed by atoms with Crippen molar-refractivity contribution in [2.24, 2.45) is 0 Å². The van der Waals surface area contributed by atoms with E-state index < -0.39 is 15.6 Å². The number of thiazole rings is 1. The lowest BCUT2D eigenvalue weighted by atomic mass is 9.96. The largest absolute Gasteiger partial charge is 0.394 e. The number of sulfonamides is 1. The summed E-state index contributed by atoms with van der Waals surface area (Å²) in [5.41, 5.74) is -0.781. The predicted molar refractivity (Wildman–Crippen MR) is 67.6 cm³/mol. The monoisotopic (exact) mass is 278 g/mol. The lowest BCUT2D eigenvalue weighted by Crippen LogP contribution is -2.50. The van der Waals surface area contributed by atoms with Gasteiger partial charge in [0.05, 0.1) is 23.4 Å². The number of aromatic nitrogens is 1. The van der Waals surface area contributed by atoms with Crippen molar-refractivity contribution < 1.29 is 13.5 Å². The van der Waals surface area contributed by atoms with Gasteiger partial charge in [-0.2, -0.15) is 0 Å². The number of aliphatic hydroxyl groups is 1. The molecule has 0 aliphatic rings. The molecule has 7 heteroatoms. The molecule has 0 amide bonds. The number of nitrogens with one attached hydrogen (secondary N) is 1. The van der Waals surface area contributed by atoms with E-state index in [2.05, 4.69) is 9.71 Å². The van der Waals surface area contributed by atoms with Gasteiger partial charge in [-0.15, -0.1) is 11.3 Å². The Morgan fingerprint density at radius 1 is 1.47 bits per heavy atom. The van der Waals surface area contributed by atoms with Crippen LogP contribution in [0.1, 0.15) is 31.7 Å². The van der Waals surface area contributed by atoms with Crippen LogP contribution in [0.5, 0.6) is 0 Å². The predicted octanol–water partition coefficient (Wildman–Crippen LogP) is 1.28. The number of aryl methyl sites for hydroxylation is 1. The first-order valence-corrected chi connectivity index (χ1v) is 7.76. The molecule has 0 unspecified atom stereocenters. The maximum absolute atomic E-state index is 12.1. The van der Waals surface area contributed by atoms with Gasteiger partial charge in [0.15, 0.2) is 4.21 Å². The summed E-state index contributed by atoms with van der Waals surface area (Å²) in [4.78, 5) is 3.93. The average Bonchev–Trinajstić information content (AvgIpc) is 2.74. The molecule has 1 rings (SSSR count). The van der Waals surface area contributed by atoms with Crippen molar-refractivity contribution in [2.75, 3.05) is 6.61 Å². The van der Waals surface area contributed by atoms with Crippen LogP contribution in [-0.2, 0) is 10.0 Å². The number of aliphatic hydroxyl groups excluding tert-OH is 1. The summed E-state index contributed by atoms with van der Waals surface area (Å²) in [6, 6.07) is 0. The van der Waals surface area contributed by atoms with Crippen LogP contribution in [0.3, 0.4) is 0 Å². The van der Waals surface area contributed by atoms with Gasteiger partial charge < -0.3 is 5.11 Å². The molecule has 0 fully saturated rings. The second-order valence-electron chi connectivity index (χ2n) is 3.95. The van der Waals surface area contributed by atoms with E-state index in [0.29, 0.717) is 17.8 Å². The van der Waals surface area contributed by atoms with Crippen LogP contribution in [0.4, 0.5) is 0 Å². The van der Waals surface area contributed by atoms with E-state index in [9.17, 15) is 13.5 Å². The molecule has 0 atom stereocenters. The van der Waals surface area contributed by atoms with Gasteiger partial charge in [0.2, 0.25) is 0 Å². The van der Waals surface area contributed by atoms with Crippen LogP contribution in [0.25, 0.3) is 0 Å². The average molecular weight is 278 g/mol. The minimum absolute atomic E-state index is 0.190. The summed E-state index contributed by atoms with van der Waals surface area (Å²) in [5, 5.41) is 10.1. The van der Waals surface area contributed by atoms with Crippen LogP contribution in [0.2, 0.25) is 0 Å². The van der Waals surface area contributed by atoms with Crippen molar-refractivity contribution in [3.8, 4) is 0 Å². The third-order valence-corrected chi connectivity index (χ3v) is 5.82. The van der Waals surface area contributed by atoms with Gasteiger partial charge in [0.1, 0.15) is 0 Å². The van der Waals surface area contributed by atoms with Gasteiger partial charge in [-0.05, 0) is 19.8 Å². The summed E-state index contributed by atoms with van der Waals surface area (Å²) < 4.78 is 26.9. The van der Waals surface area contributed by atoms with E-state index in [0.717, 1.165) is 11.3 Å². The Balaban J connectivity index is 3.00. The number of hydrogen-bond donors (Lipinski definition) is 2. The van der Waals surface area contributed by atoms with Gasteiger partial charge in [-0.1, -0.05) is 13.8 Å². The Morgan fingerprint density at radius 3 is 2.41 bits per heavy atom. The highest BCUT2D eigenvalue weighted by Gasteiger charge is 2.32. The summed E-state index contributed by atoms with van der Waals surface area (Å²) in [5.74, 6) is 0. The second-order valence-corrected chi connectivity index (χ2v) is 7.09. The molecule has 2 N–H and O–H groups in total. The Kier molecular flexibility index (Phi) is 4.65. The first-order chi connectivity index (χ1) is 7.89. The Hall–Kier alpha value is -0.500. The Bertz CT molecular complexity index is 455. The van der Waals surface area contributed by atoms with E-state index in [4.69, 9.17) is 0 Å². The normalized spacial score (nSPS) is 12.9. The lowest BCUT2D eigenvalue weighted by molar-refractivity contribution is 0.172. The van der Waals surface area contributed by atoms with Gasteiger partial charge in [0.25, 0.3) is 10.0 Å². The topological polar surface area (TPSA) is 79.3 Å². The maximum Gasteiger partial charge on any atom is 0.252 e. The van der Waals surface area contributed by atoms with E-state index in [-0.39, 0.29) is 10.8 Å². The maximum atomic E-state index is 12.1. The van der Waals surface area contributed by atoms with Gasteiger partial charge in [-0.25, -0.2) is 18.1 Å². The fraction of sp³-hybridized carbons (Fsp3) is 0.700. The standard InChI is InChI=1S/C10H18N2O3S2/c1-4-10(5-2,7-13)12-17(14,15)9-6-11-8(3)16-9/h6,12-13H,4-5,7H2,1-3H3. The molecule has 0 saturated heterocycles. The quantitative estimate of drug-likeness (QED) is 0.821. The van der Waals surface area contributed by atoms with Gasteiger partial charge in [-0.3, -0.25) is 0 Å². The summed E-state index contributed by atoms with van der Waals surface area (Å²) in [7, 11) is -3.59. The molecule has 0 saturated carbocycles. The van der Waals surface area contributed by atoms with E-state index in [1.54, 1.807) is 6.92 Å². The van der Waals surface area contributed by atoms with Gasteiger partial charge in [0, 0.05) is 0 Å². The summed E-state index contributed by atoms with van der Waals surface area (Å²) in [6.45, 7) is 5.24. The van der Waals surface area contributed by atoms with E-state index >= 15 is 0 Å². The highest BCUT2D eigenvalue weighted by molar-refractivity contribution is 7.91. The molecular formula is C10H18N2O3S2. The molecule has 0 bridgehead atoms. The van der Waals surface area contributed by atoms with Crippen molar-refractivity contribution >= 4 is 21.4 Å². The SMILES string of the molecule is CCC(CC)(CO)NS(=O)(=O)c1cnc(C)s1. The second kappa shape index (κ2) is 5.43. The smallest absolute Gasteiger partial charge is 0.252 e. The molecular weight excluding hydrogens is 260 g/mol. The molecule has 5 nitrogen and oxygen atoms in total. The van der Waals surface area contributed by atoms with E-state index in [1.807, 2.05) is 13.8 Å². The Labute approximate surface area is 106 Å². The van der Waals surface area contributed by atoms with Gasteiger partial charge >= 0.3 is 0 Å². The van der Waals surface area contributed by atoms with Crippen LogP contribution in [0.15, 0.2) is 10.4 Å². The molecule has 1 aromatic heterocycles. The molecule has 0 aliphatic carbocycles. The highest BCUT2D eigenvalue weighted by atomic mass is 32.2. The van der Waals surface area contributed by atoms with Crippen molar-refractivity contribution in [3.05, 3.63) is 11.2 Å². The molecule has 98 valence electrons. The molecule has 0 aliphatic heterocycles. The van der Waals surface area contributed by atoms with Crippen LogP contribution in [0, 0.1) is 6.92 Å². The van der Waals surface area contributed by atoms with Crippen molar-refractivity contribution in [1.82, 2.24) is 9.71 Å². The third-order valence-electron chi connectivity index (χ3n) is 2.87. The molecule has 1 aromatic rings. The summed E-state index contributed by atoms with van der Waals surface area (Å²) in [6.07, 6.45) is 2.42. The molecule has 0 spiro atoms. The minimum Gasteiger partial charge on any atom is -0.394 e. The molecule has 0 radical (unpaired) electrons. The summed E-state index contributed by atoms with van der Waals surface area (Å²) >= 11 is 1.12. The van der Waals surface area contributed by atoms with Crippen molar-refractivity contribution in [1.29, 1.82) is 0 Å². The highest BCUT2D eigenvalue weighted by Crippen LogP contribution is 2.22. The molecule has 17 heavy (non-hydrogen) atoms.